The summed E-state index contributed by atoms with van der Waals surface area (Å²) in [5.74, 6) is 4.86. The highest BCUT2D eigenvalue weighted by atomic mass is 19.2. The molecule has 1 aliphatic carbocycles. The van der Waals surface area contributed by atoms with Gasteiger partial charge in [0.05, 0.1) is 0 Å². The van der Waals surface area contributed by atoms with Gasteiger partial charge in [0, 0.05) is 6.04 Å². The summed E-state index contributed by atoms with van der Waals surface area (Å²) in [4.78, 5) is 0. The van der Waals surface area contributed by atoms with Crippen molar-refractivity contribution in [3.05, 3.63) is 71.3 Å². The zero-order valence-electron chi connectivity index (χ0n) is 11.6. The van der Waals surface area contributed by atoms with Gasteiger partial charge in [-0.15, -0.1) is 0 Å². The molecule has 3 N–H and O–H groups in total. The molecule has 1 fully saturated rings. The minimum atomic E-state index is -0.807. The van der Waals surface area contributed by atoms with Crippen LogP contribution in [0.2, 0.25) is 0 Å². The van der Waals surface area contributed by atoms with Crippen LogP contribution in [-0.4, -0.2) is 6.04 Å². The third kappa shape index (κ3) is 2.96. The van der Waals surface area contributed by atoms with Crippen LogP contribution in [-0.2, 0) is 6.42 Å². The second-order valence-corrected chi connectivity index (χ2v) is 5.61. The Labute approximate surface area is 122 Å². The second-order valence-electron chi connectivity index (χ2n) is 5.61. The third-order valence-corrected chi connectivity index (χ3v) is 4.27. The molecule has 3 unspecified atom stereocenters. The molecule has 4 heteroatoms. The summed E-state index contributed by atoms with van der Waals surface area (Å²) in [6.07, 6.45) is 1.42. The Morgan fingerprint density at radius 2 is 1.86 bits per heavy atom. The molecule has 2 nitrogen and oxygen atoms in total. The lowest BCUT2D eigenvalue weighted by Crippen LogP contribution is -2.39. The highest BCUT2D eigenvalue weighted by molar-refractivity contribution is 5.28. The second kappa shape index (κ2) is 5.92. The van der Waals surface area contributed by atoms with Gasteiger partial charge >= 0.3 is 0 Å². The van der Waals surface area contributed by atoms with Gasteiger partial charge in [0.1, 0.15) is 0 Å². The van der Waals surface area contributed by atoms with Crippen molar-refractivity contribution >= 4 is 0 Å². The number of hydrogen-bond donors (Lipinski definition) is 2. The normalized spacial score (nSPS) is 22.0. The molecule has 2 aromatic rings. The van der Waals surface area contributed by atoms with Crippen LogP contribution >= 0.6 is 0 Å². The quantitative estimate of drug-likeness (QED) is 0.655. The smallest absolute Gasteiger partial charge is 0.162 e. The summed E-state index contributed by atoms with van der Waals surface area (Å²) in [6, 6.07) is 14.4. The first-order chi connectivity index (χ1) is 10.2. The number of nitrogens with two attached hydrogens (primary N) is 1. The molecule has 0 radical (unpaired) electrons. The molecule has 0 heterocycles. The molecule has 3 rings (SSSR count). The molecule has 2 aromatic carbocycles. The first kappa shape index (κ1) is 14.2. The molecule has 1 aliphatic rings. The molecule has 0 bridgehead atoms. The van der Waals surface area contributed by atoms with E-state index in [0.29, 0.717) is 23.8 Å². The lowest BCUT2D eigenvalue weighted by atomic mass is 9.99. The number of rotatable bonds is 5. The van der Waals surface area contributed by atoms with E-state index in [1.165, 1.54) is 11.6 Å². The zero-order chi connectivity index (χ0) is 14.8. The first-order valence-electron chi connectivity index (χ1n) is 7.14. The molecular formula is C17H18F2N2. The fourth-order valence-corrected chi connectivity index (χ4v) is 3.02. The Bertz CT molecular complexity index is 615. The number of nitrogens with one attached hydrogen (secondary N) is 1. The highest BCUT2D eigenvalue weighted by Crippen LogP contribution is 2.49. The third-order valence-electron chi connectivity index (χ3n) is 4.27. The Hall–Kier alpha value is -1.78. The number of benzene rings is 2. The van der Waals surface area contributed by atoms with Gasteiger partial charge in [-0.2, -0.15) is 0 Å². The molecule has 0 aliphatic heterocycles. The van der Waals surface area contributed by atoms with Crippen LogP contribution < -0.4 is 11.3 Å². The lowest BCUT2D eigenvalue weighted by molar-refractivity contribution is 0.443. The average molecular weight is 288 g/mol. The number of hydrogen-bond acceptors (Lipinski definition) is 2. The molecule has 1 saturated carbocycles. The van der Waals surface area contributed by atoms with Gasteiger partial charge in [0.25, 0.3) is 0 Å². The minimum absolute atomic E-state index is 0.0495. The molecule has 21 heavy (non-hydrogen) atoms. The molecular weight excluding hydrogens is 270 g/mol. The van der Waals surface area contributed by atoms with E-state index < -0.39 is 11.6 Å². The van der Waals surface area contributed by atoms with Gasteiger partial charge in [-0.25, -0.2) is 8.78 Å². The van der Waals surface area contributed by atoms with Crippen LogP contribution in [0.4, 0.5) is 8.78 Å². The Morgan fingerprint density at radius 1 is 1.10 bits per heavy atom. The number of halogens is 2. The minimum Gasteiger partial charge on any atom is -0.271 e. The van der Waals surface area contributed by atoms with Gasteiger partial charge in [0.2, 0.25) is 0 Å². The van der Waals surface area contributed by atoms with E-state index in [0.717, 1.165) is 12.5 Å². The van der Waals surface area contributed by atoms with Crippen LogP contribution in [0.5, 0.6) is 0 Å². The summed E-state index contributed by atoms with van der Waals surface area (Å²) >= 11 is 0. The van der Waals surface area contributed by atoms with Crippen molar-refractivity contribution in [3.8, 4) is 0 Å². The summed E-state index contributed by atoms with van der Waals surface area (Å²) < 4.78 is 27.0. The van der Waals surface area contributed by atoms with Gasteiger partial charge < -0.3 is 0 Å². The summed E-state index contributed by atoms with van der Waals surface area (Å²) in [5.41, 5.74) is 4.42. The van der Waals surface area contributed by atoms with E-state index in [-0.39, 0.29) is 6.04 Å². The topological polar surface area (TPSA) is 38.0 Å². The van der Waals surface area contributed by atoms with Crippen molar-refractivity contribution in [2.24, 2.45) is 11.8 Å². The molecule has 0 spiro atoms. The van der Waals surface area contributed by atoms with Crippen molar-refractivity contribution in [2.75, 3.05) is 0 Å². The lowest BCUT2D eigenvalue weighted by Gasteiger charge is -2.16. The highest BCUT2D eigenvalue weighted by Gasteiger charge is 2.43. The van der Waals surface area contributed by atoms with Crippen LogP contribution in [0.3, 0.4) is 0 Å². The van der Waals surface area contributed by atoms with Crippen molar-refractivity contribution in [3.63, 3.8) is 0 Å². The van der Waals surface area contributed by atoms with E-state index in [1.807, 2.05) is 18.2 Å². The first-order valence-corrected chi connectivity index (χ1v) is 7.14. The largest absolute Gasteiger partial charge is 0.271 e. The average Bonchev–Trinajstić information content (AvgIpc) is 3.30. The van der Waals surface area contributed by atoms with Crippen molar-refractivity contribution in [1.29, 1.82) is 0 Å². The molecule has 0 saturated heterocycles. The van der Waals surface area contributed by atoms with E-state index >= 15 is 0 Å². The van der Waals surface area contributed by atoms with E-state index in [1.54, 1.807) is 6.07 Å². The maximum Gasteiger partial charge on any atom is 0.162 e. The van der Waals surface area contributed by atoms with Crippen molar-refractivity contribution in [2.45, 2.75) is 24.8 Å². The predicted octanol–water partition coefficient (Wildman–Crippen LogP) is 3.14. The fraction of sp³-hybridized carbons (Fsp3) is 0.294. The van der Waals surface area contributed by atoms with Crippen LogP contribution in [0.25, 0.3) is 0 Å². The van der Waals surface area contributed by atoms with Crippen molar-refractivity contribution in [1.82, 2.24) is 5.43 Å². The van der Waals surface area contributed by atoms with Gasteiger partial charge in [0.15, 0.2) is 11.6 Å². The maximum atomic E-state index is 13.8. The van der Waals surface area contributed by atoms with E-state index in [9.17, 15) is 8.78 Å². The van der Waals surface area contributed by atoms with Crippen LogP contribution in [0, 0.1) is 17.6 Å². The van der Waals surface area contributed by atoms with E-state index in [4.69, 9.17) is 5.84 Å². The molecule has 0 aromatic heterocycles. The van der Waals surface area contributed by atoms with Crippen LogP contribution in [0.1, 0.15) is 23.5 Å². The fourth-order valence-electron chi connectivity index (χ4n) is 3.02. The predicted molar refractivity (Wildman–Crippen MR) is 78.5 cm³/mol. The summed E-state index contributed by atoms with van der Waals surface area (Å²) in [7, 11) is 0. The Kier molecular flexibility index (Phi) is 3.99. The SMILES string of the molecule is NNC(Cc1cccc(F)c1F)C1CC1c1ccccc1. The molecule has 110 valence electrons. The molecule has 0 amide bonds. The maximum absolute atomic E-state index is 13.8. The van der Waals surface area contributed by atoms with Crippen molar-refractivity contribution < 1.29 is 8.78 Å². The Balaban J connectivity index is 1.71. The monoisotopic (exact) mass is 288 g/mol. The Morgan fingerprint density at radius 3 is 2.57 bits per heavy atom. The van der Waals surface area contributed by atoms with E-state index in [2.05, 4.69) is 17.6 Å². The summed E-state index contributed by atoms with van der Waals surface area (Å²) in [5, 5.41) is 0. The number of hydrazine groups is 1. The zero-order valence-corrected chi connectivity index (χ0v) is 11.6. The van der Waals surface area contributed by atoms with Gasteiger partial charge in [-0.05, 0) is 41.9 Å². The standard InChI is InChI=1S/C17H18F2N2/c18-15-8-4-7-12(17(15)19)9-16(21-20)14-10-13(14)11-5-2-1-3-6-11/h1-8,13-14,16,21H,9-10,20H2. The van der Waals surface area contributed by atoms with Crippen LogP contribution in [0.15, 0.2) is 48.5 Å². The van der Waals surface area contributed by atoms with Gasteiger partial charge in [-0.1, -0.05) is 42.5 Å². The van der Waals surface area contributed by atoms with Gasteiger partial charge in [-0.3, -0.25) is 11.3 Å². The summed E-state index contributed by atoms with van der Waals surface area (Å²) in [6.45, 7) is 0. The molecule has 3 atom stereocenters.